The molecule has 0 saturated heterocycles. The van der Waals surface area contributed by atoms with Crippen molar-refractivity contribution in [3.05, 3.63) is 445 Å². The van der Waals surface area contributed by atoms with E-state index in [0.717, 1.165) is 22.7 Å². The first-order valence-corrected chi connectivity index (χ1v) is 36.2. The molecule has 0 aromatic heterocycles. The molecule has 484 valence electrons. The summed E-state index contributed by atoms with van der Waals surface area (Å²) in [5.74, 6) is 0. The van der Waals surface area contributed by atoms with E-state index in [1.54, 1.807) is 0 Å². The summed E-state index contributed by atoms with van der Waals surface area (Å²) >= 11 is 0. The molecular formula is C102H66N2. The largest absolute Gasteiger partial charge is 0.310 e. The van der Waals surface area contributed by atoms with Crippen LogP contribution in [0.15, 0.2) is 400 Å². The fraction of sp³-hybridized carbons (Fsp3) is 0.0196. The van der Waals surface area contributed by atoms with Gasteiger partial charge in [0.15, 0.2) is 0 Å². The Morgan fingerprint density at radius 2 is 0.481 bits per heavy atom. The van der Waals surface area contributed by atoms with Gasteiger partial charge in [0.25, 0.3) is 0 Å². The lowest BCUT2D eigenvalue weighted by Gasteiger charge is -2.33. The maximum Gasteiger partial charge on any atom is 0.0732 e. The highest BCUT2D eigenvalue weighted by Gasteiger charge is 2.55. The summed E-state index contributed by atoms with van der Waals surface area (Å²) < 4.78 is 0. The Kier molecular flexibility index (Phi) is 13.5. The van der Waals surface area contributed by atoms with Crippen molar-refractivity contribution in [2.45, 2.75) is 10.8 Å². The Hall–Kier alpha value is -13.4. The van der Waals surface area contributed by atoms with Gasteiger partial charge >= 0.3 is 0 Å². The lowest BCUT2D eigenvalue weighted by molar-refractivity contribution is 0.802. The van der Waals surface area contributed by atoms with Crippen molar-refractivity contribution in [3.63, 3.8) is 0 Å². The Labute approximate surface area is 605 Å². The molecule has 0 atom stereocenters. The average Bonchev–Trinajstić information content (AvgIpc) is 1.50. The SMILES string of the molecule is c1ccc(-c2ccc(N(c3ccccc3)c3cc4c(c5ccccc35)-c3ccc5ccccc5c3C43c4ccccc4-c4ccccc43)cc2)cc1.c1ccc(-c2cccc(N(c3ccccc3)c3cc4c(c5ccccc35)-c3ccc5ccccc5c3C43c4ccccc4-c4ccccc43)c2)cc1. The second-order valence-corrected chi connectivity index (χ2v) is 28.0. The van der Waals surface area contributed by atoms with Crippen molar-refractivity contribution in [1.82, 2.24) is 0 Å². The highest BCUT2D eigenvalue weighted by Crippen LogP contribution is 2.68. The fourth-order valence-electron chi connectivity index (χ4n) is 18.8. The number of hydrogen-bond donors (Lipinski definition) is 0. The summed E-state index contributed by atoms with van der Waals surface area (Å²) in [7, 11) is 0. The molecule has 4 aliphatic carbocycles. The van der Waals surface area contributed by atoms with Crippen LogP contribution in [0.5, 0.6) is 0 Å². The van der Waals surface area contributed by atoms with Crippen molar-refractivity contribution < 1.29 is 0 Å². The average molecular weight is 1320 g/mol. The fourth-order valence-corrected chi connectivity index (χ4v) is 18.8. The standard InChI is InChI=1S/2C51H33N/c1-3-16-34(17-4-1)36-19-15-22-38(32-36)52(37-20-5-2-6-21-37)48-33-47-49(43-27-10-9-26-42(43)48)44-31-30-35-18-7-8-23-39(35)50(44)51(47)45-28-13-11-24-40(45)41-25-12-14-29-46(41)51;1-3-15-34(16-4-1)35-27-30-38(31-28-35)52(37-18-5-2-6-19-37)48-33-47-49(43-24-10-9-23-42(43)48)44-32-29-36-17-7-8-20-39(36)50(44)51(47)45-25-13-11-21-40(45)41-22-12-14-26-46(41)51/h2*1-33H. The number of benzene rings is 18. The van der Waals surface area contributed by atoms with E-state index in [1.165, 1.54) is 166 Å². The van der Waals surface area contributed by atoms with E-state index in [4.69, 9.17) is 0 Å². The van der Waals surface area contributed by atoms with Gasteiger partial charge in [0, 0.05) is 33.5 Å². The van der Waals surface area contributed by atoms with E-state index in [9.17, 15) is 0 Å². The van der Waals surface area contributed by atoms with Gasteiger partial charge in [-0.1, -0.05) is 340 Å². The Morgan fingerprint density at radius 3 is 0.913 bits per heavy atom. The Morgan fingerprint density at radius 1 is 0.173 bits per heavy atom. The van der Waals surface area contributed by atoms with Crippen LogP contribution in [-0.2, 0) is 10.8 Å². The lowest BCUT2D eigenvalue weighted by Crippen LogP contribution is -2.26. The minimum Gasteiger partial charge on any atom is -0.310 e. The van der Waals surface area contributed by atoms with Gasteiger partial charge in [-0.15, -0.1) is 0 Å². The topological polar surface area (TPSA) is 6.48 Å². The molecular weight excluding hydrogens is 1250 g/mol. The molecule has 0 N–H and O–H groups in total. The summed E-state index contributed by atoms with van der Waals surface area (Å²) in [6, 6.07) is 148. The van der Waals surface area contributed by atoms with Gasteiger partial charge in [-0.3, -0.25) is 0 Å². The minimum atomic E-state index is -0.494. The number of nitrogens with zero attached hydrogens (tertiary/aromatic N) is 2. The molecule has 0 saturated carbocycles. The summed E-state index contributed by atoms with van der Waals surface area (Å²) in [5, 5.41) is 10.2. The molecule has 2 spiro atoms. The van der Waals surface area contributed by atoms with E-state index < -0.39 is 10.8 Å². The molecule has 0 heterocycles. The van der Waals surface area contributed by atoms with Crippen molar-refractivity contribution in [3.8, 4) is 66.8 Å². The zero-order valence-electron chi connectivity index (χ0n) is 57.0. The van der Waals surface area contributed by atoms with Crippen molar-refractivity contribution >= 4 is 77.2 Å². The first kappa shape index (κ1) is 59.5. The van der Waals surface area contributed by atoms with Crippen LogP contribution < -0.4 is 9.80 Å². The first-order valence-electron chi connectivity index (χ1n) is 36.2. The van der Waals surface area contributed by atoms with Crippen molar-refractivity contribution in [2.24, 2.45) is 0 Å². The van der Waals surface area contributed by atoms with Gasteiger partial charge in [0.2, 0.25) is 0 Å². The third-order valence-electron chi connectivity index (χ3n) is 22.9. The lowest BCUT2D eigenvalue weighted by atomic mass is 9.69. The number of rotatable bonds is 8. The molecule has 104 heavy (non-hydrogen) atoms. The number of hydrogen-bond acceptors (Lipinski definition) is 2. The number of anilines is 6. The van der Waals surface area contributed by atoms with Crippen molar-refractivity contribution in [1.29, 1.82) is 0 Å². The van der Waals surface area contributed by atoms with E-state index in [-0.39, 0.29) is 0 Å². The monoisotopic (exact) mass is 1320 g/mol. The molecule has 4 aliphatic rings. The molecule has 2 nitrogen and oxygen atoms in total. The molecule has 0 amide bonds. The first-order chi connectivity index (χ1) is 51.6. The molecule has 18 aromatic rings. The zero-order chi connectivity index (χ0) is 68.5. The third kappa shape index (κ3) is 8.64. The number of para-hydroxylation sites is 2. The van der Waals surface area contributed by atoms with Gasteiger partial charge < -0.3 is 9.80 Å². The highest BCUT2D eigenvalue weighted by atomic mass is 15.2. The Balaban J connectivity index is 0.000000134. The van der Waals surface area contributed by atoms with Crippen LogP contribution in [0.3, 0.4) is 0 Å². The molecule has 2 heteroatoms. The van der Waals surface area contributed by atoms with E-state index >= 15 is 0 Å². The zero-order valence-corrected chi connectivity index (χ0v) is 57.0. The van der Waals surface area contributed by atoms with E-state index in [1.807, 2.05) is 0 Å². The number of fused-ring (bicyclic) bond motifs is 28. The van der Waals surface area contributed by atoms with E-state index in [0.29, 0.717) is 0 Å². The van der Waals surface area contributed by atoms with Gasteiger partial charge in [-0.25, -0.2) is 0 Å². The Bertz CT molecular complexity index is 6380. The van der Waals surface area contributed by atoms with Crippen LogP contribution in [0.4, 0.5) is 34.1 Å². The van der Waals surface area contributed by atoms with Gasteiger partial charge in [0.1, 0.15) is 0 Å². The smallest absolute Gasteiger partial charge is 0.0732 e. The van der Waals surface area contributed by atoms with Crippen LogP contribution in [0.25, 0.3) is 110 Å². The predicted molar refractivity (Wildman–Crippen MR) is 436 cm³/mol. The quantitative estimate of drug-likeness (QED) is 0.150. The van der Waals surface area contributed by atoms with E-state index in [2.05, 4.69) is 410 Å². The molecule has 18 aromatic carbocycles. The summed E-state index contributed by atoms with van der Waals surface area (Å²) in [4.78, 5) is 4.93. The molecule has 0 radical (unpaired) electrons. The summed E-state index contributed by atoms with van der Waals surface area (Å²) in [5.41, 5.74) is 32.1. The summed E-state index contributed by atoms with van der Waals surface area (Å²) in [6.45, 7) is 0. The molecule has 22 rings (SSSR count). The van der Waals surface area contributed by atoms with Crippen LogP contribution in [0.1, 0.15) is 44.5 Å². The van der Waals surface area contributed by atoms with Crippen LogP contribution >= 0.6 is 0 Å². The van der Waals surface area contributed by atoms with Gasteiger partial charge in [0.05, 0.1) is 22.2 Å². The van der Waals surface area contributed by atoms with Crippen LogP contribution in [0.2, 0.25) is 0 Å². The van der Waals surface area contributed by atoms with Crippen molar-refractivity contribution in [2.75, 3.05) is 9.80 Å². The minimum absolute atomic E-state index is 0.489. The maximum absolute atomic E-state index is 2.54. The van der Waals surface area contributed by atoms with Gasteiger partial charge in [-0.05, 0) is 204 Å². The second kappa shape index (κ2) is 23.6. The van der Waals surface area contributed by atoms with Gasteiger partial charge in [-0.2, -0.15) is 0 Å². The molecule has 0 unspecified atom stereocenters. The molecule has 0 aliphatic heterocycles. The second-order valence-electron chi connectivity index (χ2n) is 28.0. The highest BCUT2D eigenvalue weighted by molar-refractivity contribution is 6.17. The maximum atomic E-state index is 2.54. The normalized spacial score (nSPS) is 13.2. The van der Waals surface area contributed by atoms with Crippen LogP contribution in [-0.4, -0.2) is 0 Å². The van der Waals surface area contributed by atoms with Crippen LogP contribution in [0, 0.1) is 0 Å². The summed E-state index contributed by atoms with van der Waals surface area (Å²) in [6.07, 6.45) is 0. The third-order valence-corrected chi connectivity index (χ3v) is 22.9. The molecule has 0 fully saturated rings. The molecule has 0 bridgehead atoms. The predicted octanol–water partition coefficient (Wildman–Crippen LogP) is 26.9.